The lowest BCUT2D eigenvalue weighted by molar-refractivity contribution is 0.0305. The topological polar surface area (TPSA) is 75.6 Å². The zero-order chi connectivity index (χ0) is 22.9. The minimum atomic E-state index is -0.236. The molecule has 5 rings (SSSR count). The van der Waals surface area contributed by atoms with Crippen molar-refractivity contribution in [3.05, 3.63) is 53.1 Å². The molecule has 0 aromatic heterocycles. The number of hydrogen-bond donors (Lipinski definition) is 1. The maximum Gasteiger partial charge on any atom is 0.337 e. The Morgan fingerprint density at radius 1 is 1.06 bits per heavy atom. The predicted molar refractivity (Wildman–Crippen MR) is 127 cm³/mol. The standard InChI is InChI=1S/C25H30N4O4/c1-26-25(30)29-11-10-17-12-22(31-2)23(32-3)13-21(17)24(27-29)16-4-6-18(7-5-16)28-14-19-8-9-20(15-28)33-19/h4-7,12-13,19-20H,8-11,14-15H2,1-3H3,(H,26,30)/t19-,20+. The second kappa shape index (κ2) is 8.94. The van der Waals surface area contributed by atoms with Crippen molar-refractivity contribution in [1.82, 2.24) is 10.3 Å². The van der Waals surface area contributed by atoms with Gasteiger partial charge in [0.05, 0.1) is 38.7 Å². The van der Waals surface area contributed by atoms with Gasteiger partial charge in [-0.15, -0.1) is 0 Å². The quantitative estimate of drug-likeness (QED) is 0.775. The van der Waals surface area contributed by atoms with Gasteiger partial charge in [0, 0.05) is 37.0 Å². The second-order valence-electron chi connectivity index (χ2n) is 8.65. The molecule has 3 aliphatic heterocycles. The number of nitrogens with zero attached hydrogens (tertiary/aromatic N) is 3. The number of carbonyl (C=O) groups excluding carboxylic acids is 1. The molecule has 0 spiro atoms. The van der Waals surface area contributed by atoms with Gasteiger partial charge in [0.15, 0.2) is 11.5 Å². The van der Waals surface area contributed by atoms with E-state index in [0.717, 1.165) is 48.3 Å². The lowest BCUT2D eigenvalue weighted by atomic mass is 9.95. The monoisotopic (exact) mass is 450 g/mol. The van der Waals surface area contributed by atoms with Crippen LogP contribution in [0.15, 0.2) is 41.5 Å². The average molecular weight is 451 g/mol. The van der Waals surface area contributed by atoms with Gasteiger partial charge < -0.3 is 24.4 Å². The molecule has 8 heteroatoms. The Balaban J connectivity index is 1.52. The molecule has 2 aromatic rings. The van der Waals surface area contributed by atoms with Crippen LogP contribution in [0.5, 0.6) is 11.5 Å². The third-order valence-corrected chi connectivity index (χ3v) is 6.68. The molecule has 0 unspecified atom stereocenters. The fourth-order valence-corrected chi connectivity index (χ4v) is 4.94. The van der Waals surface area contributed by atoms with Crippen LogP contribution in [0.1, 0.15) is 29.5 Å². The SMILES string of the molecule is CNC(=O)N1CCc2cc(OC)c(OC)cc2C(c2ccc(N3C[C@H]4CC[C@@H](C3)O4)cc2)=N1. The average Bonchev–Trinajstić information content (AvgIpc) is 3.09. The molecular weight excluding hydrogens is 420 g/mol. The van der Waals surface area contributed by atoms with Crippen molar-refractivity contribution >= 4 is 17.4 Å². The summed E-state index contributed by atoms with van der Waals surface area (Å²) < 4.78 is 17.0. The lowest BCUT2D eigenvalue weighted by Gasteiger charge is -2.34. The molecule has 2 amide bonds. The molecular formula is C25H30N4O4. The highest BCUT2D eigenvalue weighted by Gasteiger charge is 2.33. The fraction of sp³-hybridized carbons (Fsp3) is 0.440. The van der Waals surface area contributed by atoms with Crippen molar-refractivity contribution in [1.29, 1.82) is 0 Å². The number of morpholine rings is 1. The molecule has 0 aliphatic carbocycles. The van der Waals surface area contributed by atoms with Gasteiger partial charge in [-0.25, -0.2) is 9.80 Å². The van der Waals surface area contributed by atoms with Crippen LogP contribution in [0.2, 0.25) is 0 Å². The van der Waals surface area contributed by atoms with Crippen LogP contribution >= 0.6 is 0 Å². The van der Waals surface area contributed by atoms with E-state index < -0.39 is 0 Å². The van der Waals surface area contributed by atoms with Gasteiger partial charge in [-0.2, -0.15) is 5.10 Å². The van der Waals surface area contributed by atoms with E-state index in [-0.39, 0.29) is 6.03 Å². The number of methoxy groups -OCH3 is 2. The highest BCUT2D eigenvalue weighted by molar-refractivity contribution is 6.14. The maximum atomic E-state index is 12.5. The normalized spacial score (nSPS) is 21.7. The van der Waals surface area contributed by atoms with Crippen molar-refractivity contribution in [2.75, 3.05) is 45.8 Å². The van der Waals surface area contributed by atoms with Crippen LogP contribution in [0.25, 0.3) is 0 Å². The van der Waals surface area contributed by atoms with E-state index in [4.69, 9.17) is 19.3 Å². The first-order valence-corrected chi connectivity index (χ1v) is 11.4. The highest BCUT2D eigenvalue weighted by Crippen LogP contribution is 2.34. The molecule has 0 radical (unpaired) electrons. The number of amides is 2. The van der Waals surface area contributed by atoms with E-state index in [1.807, 2.05) is 12.1 Å². The molecule has 0 saturated carbocycles. The highest BCUT2D eigenvalue weighted by atomic mass is 16.5. The van der Waals surface area contributed by atoms with Crippen molar-refractivity contribution in [2.24, 2.45) is 5.10 Å². The summed E-state index contributed by atoms with van der Waals surface area (Å²) in [7, 11) is 4.87. The summed E-state index contributed by atoms with van der Waals surface area (Å²) >= 11 is 0. The lowest BCUT2D eigenvalue weighted by Crippen LogP contribution is -2.42. The Kier molecular flexibility index (Phi) is 5.85. The molecule has 3 heterocycles. The number of rotatable bonds is 4. The first-order valence-electron chi connectivity index (χ1n) is 11.4. The summed E-state index contributed by atoms with van der Waals surface area (Å²) in [6, 6.07) is 12.1. The number of hydrogen-bond acceptors (Lipinski definition) is 6. The van der Waals surface area contributed by atoms with Crippen LogP contribution < -0.4 is 19.7 Å². The molecule has 33 heavy (non-hydrogen) atoms. The Morgan fingerprint density at radius 3 is 2.36 bits per heavy atom. The predicted octanol–water partition coefficient (Wildman–Crippen LogP) is 3.02. The summed E-state index contributed by atoms with van der Waals surface area (Å²) in [4.78, 5) is 14.9. The van der Waals surface area contributed by atoms with E-state index in [0.29, 0.717) is 36.7 Å². The summed E-state index contributed by atoms with van der Waals surface area (Å²) in [5, 5.41) is 8.95. The van der Waals surface area contributed by atoms with Gasteiger partial charge in [-0.05, 0) is 49.1 Å². The number of ether oxygens (including phenoxy) is 3. The number of anilines is 1. The molecule has 2 saturated heterocycles. The van der Waals surface area contributed by atoms with E-state index in [1.165, 1.54) is 10.7 Å². The number of carbonyl (C=O) groups is 1. The number of hydrazone groups is 1. The molecule has 2 fully saturated rings. The number of benzene rings is 2. The smallest absolute Gasteiger partial charge is 0.337 e. The van der Waals surface area contributed by atoms with Gasteiger partial charge in [0.1, 0.15) is 0 Å². The Bertz CT molecular complexity index is 1060. The molecule has 174 valence electrons. The molecule has 2 bridgehead atoms. The second-order valence-corrected chi connectivity index (χ2v) is 8.65. The van der Waals surface area contributed by atoms with E-state index in [1.54, 1.807) is 21.3 Å². The number of urea groups is 1. The largest absolute Gasteiger partial charge is 0.493 e. The van der Waals surface area contributed by atoms with Crippen LogP contribution in [-0.2, 0) is 11.2 Å². The summed E-state index contributed by atoms with van der Waals surface area (Å²) in [5.41, 5.74) is 4.87. The third kappa shape index (κ3) is 4.11. The van der Waals surface area contributed by atoms with E-state index in [9.17, 15) is 4.79 Å². The Labute approximate surface area is 194 Å². The van der Waals surface area contributed by atoms with Gasteiger partial charge in [0.2, 0.25) is 0 Å². The molecule has 1 N–H and O–H groups in total. The van der Waals surface area contributed by atoms with Gasteiger partial charge in [0.25, 0.3) is 0 Å². The molecule has 2 atom stereocenters. The number of fused-ring (bicyclic) bond motifs is 3. The van der Waals surface area contributed by atoms with Gasteiger partial charge >= 0.3 is 6.03 Å². The first-order chi connectivity index (χ1) is 16.1. The van der Waals surface area contributed by atoms with Crippen LogP contribution in [0.3, 0.4) is 0 Å². The van der Waals surface area contributed by atoms with Crippen LogP contribution in [0, 0.1) is 0 Å². The molecule has 8 nitrogen and oxygen atoms in total. The van der Waals surface area contributed by atoms with Crippen molar-refractivity contribution in [3.8, 4) is 11.5 Å². The first kappa shape index (κ1) is 21.6. The van der Waals surface area contributed by atoms with Gasteiger partial charge in [-0.3, -0.25) is 0 Å². The minimum Gasteiger partial charge on any atom is -0.493 e. The molecule has 3 aliphatic rings. The Hall–Kier alpha value is -3.26. The molecule has 2 aromatic carbocycles. The van der Waals surface area contributed by atoms with E-state index in [2.05, 4.69) is 34.5 Å². The zero-order valence-corrected chi connectivity index (χ0v) is 19.3. The number of nitrogens with one attached hydrogen (secondary N) is 1. The summed E-state index contributed by atoms with van der Waals surface area (Å²) in [6.45, 7) is 2.34. The summed E-state index contributed by atoms with van der Waals surface area (Å²) in [5.74, 6) is 1.30. The van der Waals surface area contributed by atoms with Crippen molar-refractivity contribution < 1.29 is 19.0 Å². The summed E-state index contributed by atoms with van der Waals surface area (Å²) in [6.07, 6.45) is 3.63. The fourth-order valence-electron chi connectivity index (χ4n) is 4.94. The van der Waals surface area contributed by atoms with Crippen LogP contribution in [-0.4, -0.2) is 69.9 Å². The van der Waals surface area contributed by atoms with Crippen LogP contribution in [0.4, 0.5) is 10.5 Å². The maximum absolute atomic E-state index is 12.5. The zero-order valence-electron chi connectivity index (χ0n) is 19.3. The van der Waals surface area contributed by atoms with Gasteiger partial charge in [-0.1, -0.05) is 12.1 Å². The van der Waals surface area contributed by atoms with Crippen molar-refractivity contribution in [3.63, 3.8) is 0 Å². The minimum absolute atomic E-state index is 0.236. The Morgan fingerprint density at radius 2 is 1.73 bits per heavy atom. The third-order valence-electron chi connectivity index (χ3n) is 6.68. The van der Waals surface area contributed by atoms with Crippen molar-refractivity contribution in [2.45, 2.75) is 31.5 Å². The van der Waals surface area contributed by atoms with E-state index >= 15 is 0 Å².